The standard InChI is InChI=1S/C17H21N5O5/c1-21(2)11-5-3-10(4-6-11)17-18-19-20-22(17)12-7-26-16-13(8-27-15(12)16)25-9-14(23)24/h3-6,12-13,15-16H,7-9H2,1-2H3,(H,23,24). The molecule has 0 saturated carbocycles. The van der Waals surface area contributed by atoms with Gasteiger partial charge < -0.3 is 24.2 Å². The zero-order valence-electron chi connectivity index (χ0n) is 15.1. The topological polar surface area (TPSA) is 112 Å². The van der Waals surface area contributed by atoms with E-state index in [-0.39, 0.29) is 31.5 Å². The third-order valence-corrected chi connectivity index (χ3v) is 4.85. The fourth-order valence-electron chi connectivity index (χ4n) is 3.49. The Balaban J connectivity index is 1.52. The number of carbonyl (C=O) groups is 1. The predicted octanol–water partition coefficient (Wildman–Crippen LogP) is 0.215. The highest BCUT2D eigenvalue weighted by molar-refractivity contribution is 5.68. The van der Waals surface area contributed by atoms with Gasteiger partial charge in [0.05, 0.1) is 13.2 Å². The number of rotatable bonds is 6. The molecule has 27 heavy (non-hydrogen) atoms. The summed E-state index contributed by atoms with van der Waals surface area (Å²) in [7, 11) is 3.96. The maximum atomic E-state index is 10.7. The molecule has 4 unspecified atom stereocenters. The molecule has 0 aliphatic carbocycles. The van der Waals surface area contributed by atoms with E-state index in [0.29, 0.717) is 12.4 Å². The summed E-state index contributed by atoms with van der Waals surface area (Å²) < 4.78 is 18.8. The summed E-state index contributed by atoms with van der Waals surface area (Å²) in [4.78, 5) is 12.7. The van der Waals surface area contributed by atoms with Gasteiger partial charge in [-0.05, 0) is 34.7 Å². The van der Waals surface area contributed by atoms with Crippen LogP contribution in [0, 0.1) is 0 Å². The maximum absolute atomic E-state index is 10.7. The van der Waals surface area contributed by atoms with Gasteiger partial charge in [-0.25, -0.2) is 9.48 Å². The molecule has 10 heteroatoms. The molecular formula is C17H21N5O5. The second-order valence-electron chi connectivity index (χ2n) is 6.79. The van der Waals surface area contributed by atoms with Crippen LogP contribution in [0.25, 0.3) is 11.4 Å². The summed E-state index contributed by atoms with van der Waals surface area (Å²) in [6, 6.07) is 7.75. The number of hydrogen-bond acceptors (Lipinski definition) is 8. The molecule has 1 aromatic carbocycles. The van der Waals surface area contributed by atoms with Gasteiger partial charge in [-0.2, -0.15) is 0 Å². The van der Waals surface area contributed by atoms with E-state index in [2.05, 4.69) is 15.5 Å². The van der Waals surface area contributed by atoms with Crippen molar-refractivity contribution in [3.63, 3.8) is 0 Å². The van der Waals surface area contributed by atoms with Crippen molar-refractivity contribution in [1.29, 1.82) is 0 Å². The quantitative estimate of drug-likeness (QED) is 0.757. The Labute approximate surface area is 155 Å². The Kier molecular flexibility index (Phi) is 4.77. The third kappa shape index (κ3) is 3.38. The van der Waals surface area contributed by atoms with Gasteiger partial charge in [0.1, 0.15) is 31.0 Å². The van der Waals surface area contributed by atoms with Gasteiger partial charge in [0.25, 0.3) is 0 Å². The van der Waals surface area contributed by atoms with Crippen molar-refractivity contribution in [1.82, 2.24) is 20.2 Å². The first-order valence-corrected chi connectivity index (χ1v) is 8.67. The zero-order chi connectivity index (χ0) is 19.0. The van der Waals surface area contributed by atoms with Crippen molar-refractivity contribution < 1.29 is 24.1 Å². The second kappa shape index (κ2) is 7.22. The molecule has 2 saturated heterocycles. The molecule has 0 radical (unpaired) electrons. The monoisotopic (exact) mass is 375 g/mol. The number of hydrogen-bond donors (Lipinski definition) is 1. The molecule has 0 bridgehead atoms. The highest BCUT2D eigenvalue weighted by Crippen LogP contribution is 2.36. The predicted molar refractivity (Wildman–Crippen MR) is 93.5 cm³/mol. The first kappa shape index (κ1) is 17.8. The SMILES string of the molecule is CN(C)c1ccc(-c2nnnn2C2COC3C(OCC(=O)O)COC32)cc1. The van der Waals surface area contributed by atoms with Gasteiger partial charge in [0, 0.05) is 25.3 Å². The van der Waals surface area contributed by atoms with E-state index in [4.69, 9.17) is 19.3 Å². The number of aromatic nitrogens is 4. The number of carboxylic acid groups (broad SMARTS) is 1. The molecule has 1 N–H and O–H groups in total. The molecule has 0 spiro atoms. The number of benzene rings is 1. The average Bonchev–Trinajstić information content (AvgIpc) is 3.36. The minimum absolute atomic E-state index is 0.202. The lowest BCUT2D eigenvalue weighted by atomic mass is 10.1. The number of anilines is 1. The molecule has 1 aromatic heterocycles. The smallest absolute Gasteiger partial charge is 0.329 e. The van der Waals surface area contributed by atoms with E-state index >= 15 is 0 Å². The minimum Gasteiger partial charge on any atom is -0.480 e. The van der Waals surface area contributed by atoms with Crippen molar-refractivity contribution in [2.24, 2.45) is 0 Å². The number of fused-ring (bicyclic) bond motifs is 1. The highest BCUT2D eigenvalue weighted by Gasteiger charge is 2.50. The molecule has 2 aliphatic heterocycles. The molecule has 0 amide bonds. The molecule has 2 fully saturated rings. The zero-order valence-corrected chi connectivity index (χ0v) is 15.1. The van der Waals surface area contributed by atoms with Crippen molar-refractivity contribution in [3.8, 4) is 11.4 Å². The Morgan fingerprint density at radius 2 is 2.00 bits per heavy atom. The van der Waals surface area contributed by atoms with E-state index < -0.39 is 12.1 Å². The van der Waals surface area contributed by atoms with Crippen LogP contribution >= 0.6 is 0 Å². The molecule has 10 nitrogen and oxygen atoms in total. The van der Waals surface area contributed by atoms with Crippen LogP contribution in [-0.4, -0.2) is 83.5 Å². The summed E-state index contributed by atoms with van der Waals surface area (Å²) in [6.07, 6.45) is -1.02. The summed E-state index contributed by atoms with van der Waals surface area (Å²) >= 11 is 0. The van der Waals surface area contributed by atoms with Crippen LogP contribution in [0.4, 0.5) is 5.69 Å². The summed E-state index contributed by atoms with van der Waals surface area (Å²) in [5.41, 5.74) is 1.98. The Morgan fingerprint density at radius 1 is 1.26 bits per heavy atom. The normalized spacial score (nSPS) is 26.9. The number of carboxylic acids is 1. The molecule has 144 valence electrons. The molecule has 4 atom stereocenters. The lowest BCUT2D eigenvalue weighted by molar-refractivity contribution is -0.146. The van der Waals surface area contributed by atoms with E-state index in [1.54, 1.807) is 4.68 Å². The number of ether oxygens (including phenoxy) is 3. The maximum Gasteiger partial charge on any atom is 0.329 e. The Bertz CT molecular complexity index is 808. The van der Waals surface area contributed by atoms with Gasteiger partial charge in [-0.15, -0.1) is 5.10 Å². The summed E-state index contributed by atoms with van der Waals surface area (Å²) in [5, 5.41) is 20.9. The number of aliphatic carboxylic acids is 1. The molecule has 4 rings (SSSR count). The number of nitrogens with zero attached hydrogens (tertiary/aromatic N) is 5. The molecule has 2 aromatic rings. The van der Waals surface area contributed by atoms with Gasteiger partial charge in [0.2, 0.25) is 0 Å². The lowest BCUT2D eigenvalue weighted by Crippen LogP contribution is -2.33. The fraction of sp³-hybridized carbons (Fsp3) is 0.529. The average molecular weight is 375 g/mol. The Morgan fingerprint density at radius 3 is 2.70 bits per heavy atom. The van der Waals surface area contributed by atoms with Crippen molar-refractivity contribution in [2.45, 2.75) is 24.4 Å². The number of tetrazole rings is 1. The highest BCUT2D eigenvalue weighted by atomic mass is 16.6. The third-order valence-electron chi connectivity index (χ3n) is 4.85. The van der Waals surface area contributed by atoms with Crippen LogP contribution in [0.1, 0.15) is 6.04 Å². The Hall–Kier alpha value is -2.56. The van der Waals surface area contributed by atoms with Gasteiger partial charge in [-0.1, -0.05) is 0 Å². The van der Waals surface area contributed by atoms with Crippen LogP contribution < -0.4 is 4.90 Å². The van der Waals surface area contributed by atoms with Crippen molar-refractivity contribution >= 4 is 11.7 Å². The lowest BCUT2D eigenvalue weighted by Gasteiger charge is -2.18. The fourth-order valence-corrected chi connectivity index (χ4v) is 3.49. The van der Waals surface area contributed by atoms with Gasteiger partial charge in [-0.3, -0.25) is 0 Å². The summed E-state index contributed by atoms with van der Waals surface area (Å²) in [5.74, 6) is -0.384. The van der Waals surface area contributed by atoms with Crippen molar-refractivity contribution in [2.75, 3.05) is 38.8 Å². The first-order valence-electron chi connectivity index (χ1n) is 8.67. The van der Waals surface area contributed by atoms with Crippen LogP contribution in [0.3, 0.4) is 0 Å². The van der Waals surface area contributed by atoms with E-state index in [1.165, 1.54) is 0 Å². The molecule has 3 heterocycles. The van der Waals surface area contributed by atoms with Crippen molar-refractivity contribution in [3.05, 3.63) is 24.3 Å². The van der Waals surface area contributed by atoms with Gasteiger partial charge >= 0.3 is 5.97 Å². The minimum atomic E-state index is -1.02. The van der Waals surface area contributed by atoms with Crippen LogP contribution in [0.15, 0.2) is 24.3 Å². The molecule has 2 aliphatic rings. The second-order valence-corrected chi connectivity index (χ2v) is 6.79. The first-order chi connectivity index (χ1) is 13.0. The summed E-state index contributed by atoms with van der Waals surface area (Å²) in [6.45, 7) is 0.282. The van der Waals surface area contributed by atoms with E-state index in [9.17, 15) is 4.79 Å². The van der Waals surface area contributed by atoms with Gasteiger partial charge in [0.15, 0.2) is 5.82 Å². The van der Waals surface area contributed by atoms with Crippen LogP contribution in [-0.2, 0) is 19.0 Å². The van der Waals surface area contributed by atoms with E-state index in [1.807, 2.05) is 43.3 Å². The van der Waals surface area contributed by atoms with Crippen LogP contribution in [0.5, 0.6) is 0 Å². The van der Waals surface area contributed by atoms with E-state index in [0.717, 1.165) is 11.3 Å². The van der Waals surface area contributed by atoms with Crippen LogP contribution in [0.2, 0.25) is 0 Å². The molecular weight excluding hydrogens is 354 g/mol. The largest absolute Gasteiger partial charge is 0.480 e.